The Morgan fingerprint density at radius 2 is 1.90 bits per heavy atom. The van der Waals surface area contributed by atoms with Crippen LogP contribution in [0.15, 0.2) is 0 Å². The number of rotatable bonds is 0. The van der Waals surface area contributed by atoms with Gasteiger partial charge in [0.15, 0.2) is 0 Å². The third-order valence-corrected chi connectivity index (χ3v) is 2.74. The first-order valence-electron chi connectivity index (χ1n) is 3.09. The summed E-state index contributed by atoms with van der Waals surface area (Å²) in [4.78, 5) is 4.33. The smallest absolute Gasteiger partial charge is 0.0841 e. The Morgan fingerprint density at radius 3 is 2.00 bits per heavy atom. The molecule has 0 aliphatic rings. The molecule has 1 rings (SSSR count). The first-order chi connectivity index (χ1) is 4.13. The van der Waals surface area contributed by atoms with Gasteiger partial charge < -0.3 is 4.57 Å². The fourth-order valence-corrected chi connectivity index (χ4v) is 1.55. The first kappa shape index (κ1) is 9.64. The quantitative estimate of drug-likeness (QED) is 0.398. The van der Waals surface area contributed by atoms with Crippen molar-refractivity contribution in [2.75, 3.05) is 0 Å². The van der Waals surface area contributed by atoms with E-state index in [1.54, 1.807) is 0 Å². The molecule has 0 fully saturated rings. The Morgan fingerprint density at radius 1 is 1.40 bits per heavy atom. The van der Waals surface area contributed by atoms with Crippen molar-refractivity contribution in [3.8, 4) is 0 Å². The highest BCUT2D eigenvalue weighted by atomic mass is 28.1. The van der Waals surface area contributed by atoms with Crippen molar-refractivity contribution in [1.29, 1.82) is 0 Å². The summed E-state index contributed by atoms with van der Waals surface area (Å²) in [5, 5.41) is 0. The monoisotopic (exact) mass is 172 g/mol. The zero-order valence-corrected chi connectivity index (χ0v) is 8.39. The Kier molecular flexibility index (Phi) is 3.05. The van der Waals surface area contributed by atoms with Crippen LogP contribution in [0.5, 0.6) is 0 Å². The third-order valence-electron chi connectivity index (χ3n) is 1.84. The van der Waals surface area contributed by atoms with Crippen LogP contribution in [0.4, 0.5) is 0 Å². The van der Waals surface area contributed by atoms with Gasteiger partial charge in [-0.1, -0.05) is 0 Å². The van der Waals surface area contributed by atoms with Crippen molar-refractivity contribution in [3.05, 3.63) is 11.4 Å². The molecule has 0 atom stereocenters. The van der Waals surface area contributed by atoms with E-state index >= 15 is 0 Å². The minimum Gasteiger partial charge on any atom is -0.340 e. The molecule has 4 heteroatoms. The average Bonchev–Trinajstić information content (AvgIpc) is 1.98. The van der Waals surface area contributed by atoms with E-state index in [-0.39, 0.29) is 11.0 Å². The molecule has 0 N–H and O–H groups in total. The summed E-state index contributed by atoms with van der Waals surface area (Å²) in [7, 11) is 3.11. The molecule has 0 radical (unpaired) electrons. The average molecular weight is 172 g/mol. The summed E-state index contributed by atoms with van der Waals surface area (Å²) in [6.45, 7) is 4.15. The SMILES string of the molecule is Cc1nc([SiH3])n(C)c1C.[SiH4]. The van der Waals surface area contributed by atoms with Crippen molar-refractivity contribution in [2.24, 2.45) is 7.05 Å². The van der Waals surface area contributed by atoms with Crippen LogP contribution in [0.1, 0.15) is 11.4 Å². The second kappa shape index (κ2) is 3.16. The summed E-state index contributed by atoms with van der Waals surface area (Å²) in [6, 6.07) is 0. The van der Waals surface area contributed by atoms with Crippen LogP contribution < -0.4 is 5.45 Å². The summed E-state index contributed by atoms with van der Waals surface area (Å²) < 4.78 is 2.15. The highest BCUT2D eigenvalue weighted by molar-refractivity contribution is 6.29. The van der Waals surface area contributed by atoms with E-state index in [2.05, 4.69) is 30.4 Å². The first-order valence-corrected chi connectivity index (χ1v) is 4.09. The van der Waals surface area contributed by atoms with Crippen molar-refractivity contribution >= 4 is 26.7 Å². The van der Waals surface area contributed by atoms with Crippen molar-refractivity contribution in [2.45, 2.75) is 13.8 Å². The summed E-state index contributed by atoms with van der Waals surface area (Å²) in [5.41, 5.74) is 3.69. The molecule has 1 aromatic heterocycles. The Labute approximate surface area is 69.1 Å². The number of hydrogen-bond acceptors (Lipinski definition) is 1. The standard InChI is InChI=1S/C6H12N2Si.H4Si/c1-4-5(2)8(3)6(9)7-4;/h1-3,9H3;1H4. The number of aryl methyl sites for hydroxylation is 1. The van der Waals surface area contributed by atoms with E-state index in [1.807, 2.05) is 0 Å². The number of hydrogen-bond donors (Lipinski definition) is 0. The topological polar surface area (TPSA) is 17.8 Å². The second-order valence-electron chi connectivity index (χ2n) is 2.39. The fraction of sp³-hybridized carbons (Fsp3) is 0.500. The van der Waals surface area contributed by atoms with E-state index in [0.29, 0.717) is 0 Å². The molecule has 1 heterocycles. The molecule has 0 aromatic carbocycles. The van der Waals surface area contributed by atoms with Gasteiger partial charge in [-0.05, 0) is 24.8 Å². The molecule has 10 heavy (non-hydrogen) atoms. The molecule has 2 nitrogen and oxygen atoms in total. The molecule has 0 saturated carbocycles. The maximum Gasteiger partial charge on any atom is 0.0841 e. The molecule has 0 unspecified atom stereocenters. The predicted octanol–water partition coefficient (Wildman–Crippen LogP) is -2.42. The molecule has 58 valence electrons. The largest absolute Gasteiger partial charge is 0.340 e. The van der Waals surface area contributed by atoms with E-state index in [0.717, 1.165) is 10.2 Å². The maximum atomic E-state index is 4.33. The van der Waals surface area contributed by atoms with Crippen LogP contribution in [0.2, 0.25) is 0 Å². The van der Waals surface area contributed by atoms with E-state index in [9.17, 15) is 0 Å². The Balaban J connectivity index is 0.000000810. The van der Waals surface area contributed by atoms with Gasteiger partial charge in [-0.2, -0.15) is 0 Å². The van der Waals surface area contributed by atoms with Crippen LogP contribution in [-0.2, 0) is 7.05 Å². The lowest BCUT2D eigenvalue weighted by Gasteiger charge is -1.95. The van der Waals surface area contributed by atoms with Gasteiger partial charge in [-0.25, -0.2) is 4.98 Å². The van der Waals surface area contributed by atoms with Gasteiger partial charge in [0.05, 0.1) is 21.4 Å². The van der Waals surface area contributed by atoms with Crippen LogP contribution in [0, 0.1) is 13.8 Å². The molecular weight excluding hydrogens is 156 g/mol. The minimum absolute atomic E-state index is 0. The lowest BCUT2D eigenvalue weighted by molar-refractivity contribution is 0.901. The van der Waals surface area contributed by atoms with Gasteiger partial charge in [0.2, 0.25) is 0 Å². The van der Waals surface area contributed by atoms with Gasteiger partial charge in [0.1, 0.15) is 0 Å². The van der Waals surface area contributed by atoms with Crippen LogP contribution in [0.3, 0.4) is 0 Å². The molecule has 0 bridgehead atoms. The normalized spacial score (nSPS) is 9.50. The molecule has 0 spiro atoms. The molecule has 0 aliphatic heterocycles. The van der Waals surface area contributed by atoms with Crippen molar-refractivity contribution in [3.63, 3.8) is 0 Å². The molecule has 0 aliphatic carbocycles. The van der Waals surface area contributed by atoms with E-state index < -0.39 is 0 Å². The van der Waals surface area contributed by atoms with Gasteiger partial charge in [0.25, 0.3) is 0 Å². The zero-order chi connectivity index (χ0) is 7.02. The zero-order valence-electron chi connectivity index (χ0n) is 6.39. The third kappa shape index (κ3) is 1.38. The summed E-state index contributed by atoms with van der Waals surface area (Å²) in [6.07, 6.45) is 0. The van der Waals surface area contributed by atoms with E-state index in [1.165, 1.54) is 16.8 Å². The summed E-state index contributed by atoms with van der Waals surface area (Å²) in [5.74, 6) is 0. The number of aromatic nitrogens is 2. The van der Waals surface area contributed by atoms with E-state index in [4.69, 9.17) is 0 Å². The number of imidazole rings is 1. The van der Waals surface area contributed by atoms with Gasteiger partial charge >= 0.3 is 0 Å². The molecular formula is C6H16N2Si2. The number of nitrogens with zero attached hydrogens (tertiary/aromatic N) is 2. The van der Waals surface area contributed by atoms with Crippen LogP contribution >= 0.6 is 0 Å². The Bertz CT molecular complexity index is 207. The highest BCUT2D eigenvalue weighted by Crippen LogP contribution is 1.97. The van der Waals surface area contributed by atoms with Crippen LogP contribution in [0.25, 0.3) is 0 Å². The van der Waals surface area contributed by atoms with Crippen molar-refractivity contribution < 1.29 is 0 Å². The van der Waals surface area contributed by atoms with Gasteiger partial charge in [-0.3, -0.25) is 0 Å². The molecule has 0 saturated heterocycles. The van der Waals surface area contributed by atoms with Gasteiger partial charge in [-0.15, -0.1) is 0 Å². The van der Waals surface area contributed by atoms with Crippen molar-refractivity contribution in [1.82, 2.24) is 9.55 Å². The lowest BCUT2D eigenvalue weighted by Crippen LogP contribution is -2.16. The second-order valence-corrected chi connectivity index (χ2v) is 3.28. The lowest BCUT2D eigenvalue weighted by atomic mass is 10.4. The van der Waals surface area contributed by atoms with Gasteiger partial charge in [0, 0.05) is 12.7 Å². The summed E-state index contributed by atoms with van der Waals surface area (Å²) >= 11 is 0. The fourth-order valence-electron chi connectivity index (χ4n) is 0.884. The Hall–Kier alpha value is -0.356. The highest BCUT2D eigenvalue weighted by Gasteiger charge is 2.00. The predicted molar refractivity (Wildman–Crippen MR) is 53.6 cm³/mol. The van der Waals surface area contributed by atoms with Crippen LogP contribution in [-0.4, -0.2) is 30.8 Å². The maximum absolute atomic E-state index is 4.33. The molecule has 1 aromatic rings. The minimum atomic E-state index is 0. The molecule has 0 amide bonds.